The molecule has 0 fully saturated rings. The van der Waals surface area contributed by atoms with E-state index in [1.165, 1.54) is 0 Å². The second-order valence-electron chi connectivity index (χ2n) is 7.22. The SMILES string of the molecule is COc1ccccc1-c1c[nH]c2ncc(-c3ccc4c(c3)S(=O)(=O)NC(C)N4)cc12. The maximum absolute atomic E-state index is 12.6. The third kappa shape index (κ3) is 3.01. The van der Waals surface area contributed by atoms with E-state index in [1.807, 2.05) is 42.6 Å². The lowest BCUT2D eigenvalue weighted by Crippen LogP contribution is -2.42. The topological polar surface area (TPSA) is 96.1 Å². The number of sulfonamides is 1. The molecular weight excluding hydrogens is 400 g/mol. The molecule has 30 heavy (non-hydrogen) atoms. The molecule has 152 valence electrons. The lowest BCUT2D eigenvalue weighted by atomic mass is 10.0. The second-order valence-corrected chi connectivity index (χ2v) is 8.90. The second kappa shape index (κ2) is 6.86. The Labute approximate surface area is 174 Å². The predicted octanol–water partition coefficient (Wildman–Crippen LogP) is 3.96. The number of ether oxygens (including phenoxy) is 1. The Bertz CT molecular complexity index is 1380. The zero-order valence-electron chi connectivity index (χ0n) is 16.4. The number of anilines is 1. The minimum Gasteiger partial charge on any atom is -0.496 e. The van der Waals surface area contributed by atoms with Crippen LogP contribution in [0.25, 0.3) is 33.3 Å². The molecule has 2 aromatic heterocycles. The first-order valence-corrected chi connectivity index (χ1v) is 11.0. The van der Waals surface area contributed by atoms with Gasteiger partial charge in [-0.25, -0.2) is 13.4 Å². The molecule has 1 atom stereocenters. The van der Waals surface area contributed by atoms with Crippen LogP contribution in [0.1, 0.15) is 6.92 Å². The van der Waals surface area contributed by atoms with Gasteiger partial charge in [0.2, 0.25) is 10.0 Å². The summed E-state index contributed by atoms with van der Waals surface area (Å²) in [6.07, 6.45) is 3.30. The summed E-state index contributed by atoms with van der Waals surface area (Å²) in [5.41, 5.74) is 4.88. The minimum atomic E-state index is -3.57. The maximum atomic E-state index is 12.6. The highest BCUT2D eigenvalue weighted by Gasteiger charge is 2.27. The molecule has 3 N–H and O–H groups in total. The first-order valence-electron chi connectivity index (χ1n) is 9.50. The summed E-state index contributed by atoms with van der Waals surface area (Å²) in [4.78, 5) is 7.98. The molecule has 0 saturated heterocycles. The Balaban J connectivity index is 1.65. The molecule has 0 saturated carbocycles. The van der Waals surface area contributed by atoms with Gasteiger partial charge < -0.3 is 15.0 Å². The third-order valence-electron chi connectivity index (χ3n) is 5.24. The number of nitrogens with one attached hydrogen (secondary N) is 3. The Kier molecular flexibility index (Phi) is 4.27. The standard InChI is InChI=1S/C22H20N4O3S/c1-13-25-19-8-7-14(10-21(19)30(27,28)26-13)15-9-17-18(12-24-22(17)23-11-15)16-5-3-4-6-20(16)29-2/h3-13,25-26H,1-2H3,(H,23,24). The van der Waals surface area contributed by atoms with Crippen LogP contribution in [-0.2, 0) is 10.0 Å². The highest BCUT2D eigenvalue weighted by molar-refractivity contribution is 7.89. The molecule has 1 unspecified atom stereocenters. The fourth-order valence-electron chi connectivity index (χ4n) is 3.85. The summed E-state index contributed by atoms with van der Waals surface area (Å²) >= 11 is 0. The van der Waals surface area contributed by atoms with Crippen molar-refractivity contribution in [3.8, 4) is 28.0 Å². The highest BCUT2D eigenvalue weighted by atomic mass is 32.2. The number of hydrogen-bond acceptors (Lipinski definition) is 5. The largest absolute Gasteiger partial charge is 0.496 e. The number of rotatable bonds is 3. The molecular formula is C22H20N4O3S. The van der Waals surface area contributed by atoms with E-state index in [0.29, 0.717) is 5.69 Å². The lowest BCUT2D eigenvalue weighted by Gasteiger charge is -2.25. The van der Waals surface area contributed by atoms with Crippen molar-refractivity contribution in [3.05, 3.63) is 60.9 Å². The van der Waals surface area contributed by atoms with Gasteiger partial charge >= 0.3 is 0 Å². The van der Waals surface area contributed by atoms with Gasteiger partial charge in [-0.15, -0.1) is 0 Å². The molecule has 0 aliphatic carbocycles. The number of hydrogen-bond donors (Lipinski definition) is 3. The van der Waals surface area contributed by atoms with Crippen molar-refractivity contribution < 1.29 is 13.2 Å². The molecule has 7 nitrogen and oxygen atoms in total. The number of aromatic amines is 1. The van der Waals surface area contributed by atoms with E-state index in [-0.39, 0.29) is 11.1 Å². The van der Waals surface area contributed by atoms with E-state index in [1.54, 1.807) is 32.4 Å². The van der Waals surface area contributed by atoms with Crippen molar-refractivity contribution in [2.45, 2.75) is 18.0 Å². The van der Waals surface area contributed by atoms with Crippen LogP contribution in [0.2, 0.25) is 0 Å². The van der Waals surface area contributed by atoms with Gasteiger partial charge in [-0.05, 0) is 36.8 Å². The van der Waals surface area contributed by atoms with Crippen molar-refractivity contribution in [1.29, 1.82) is 0 Å². The lowest BCUT2D eigenvalue weighted by molar-refractivity contribution is 0.416. The zero-order chi connectivity index (χ0) is 20.9. The Morgan fingerprint density at radius 3 is 2.70 bits per heavy atom. The van der Waals surface area contributed by atoms with E-state index < -0.39 is 10.0 Å². The van der Waals surface area contributed by atoms with E-state index in [4.69, 9.17) is 4.74 Å². The van der Waals surface area contributed by atoms with Crippen molar-refractivity contribution in [2.24, 2.45) is 0 Å². The summed E-state index contributed by atoms with van der Waals surface area (Å²) in [6.45, 7) is 1.76. The first-order chi connectivity index (χ1) is 14.5. The molecule has 5 rings (SSSR count). The smallest absolute Gasteiger partial charge is 0.244 e. The average Bonchev–Trinajstić information content (AvgIpc) is 3.16. The van der Waals surface area contributed by atoms with E-state index in [0.717, 1.165) is 39.0 Å². The van der Waals surface area contributed by atoms with Crippen LogP contribution in [0, 0.1) is 0 Å². The maximum Gasteiger partial charge on any atom is 0.244 e. The van der Waals surface area contributed by atoms with Crippen LogP contribution in [0.15, 0.2) is 65.8 Å². The summed E-state index contributed by atoms with van der Waals surface area (Å²) in [7, 11) is -1.92. The quantitative estimate of drug-likeness (QED) is 0.466. The number of nitrogens with zero attached hydrogens (tertiary/aromatic N) is 1. The van der Waals surface area contributed by atoms with E-state index in [2.05, 4.69) is 20.0 Å². The van der Waals surface area contributed by atoms with Crippen LogP contribution < -0.4 is 14.8 Å². The van der Waals surface area contributed by atoms with Gasteiger partial charge in [0.1, 0.15) is 16.3 Å². The monoisotopic (exact) mass is 420 g/mol. The van der Waals surface area contributed by atoms with E-state index in [9.17, 15) is 8.42 Å². The molecule has 3 heterocycles. The number of benzene rings is 2. The zero-order valence-corrected chi connectivity index (χ0v) is 17.2. The van der Waals surface area contributed by atoms with Gasteiger partial charge in [0.05, 0.1) is 19.0 Å². The van der Waals surface area contributed by atoms with Gasteiger partial charge in [0, 0.05) is 34.5 Å². The summed E-state index contributed by atoms with van der Waals surface area (Å²) in [5, 5.41) is 4.07. The third-order valence-corrected chi connectivity index (χ3v) is 6.82. The Hall–Kier alpha value is -3.36. The fourth-order valence-corrected chi connectivity index (χ4v) is 5.20. The van der Waals surface area contributed by atoms with Gasteiger partial charge in [-0.1, -0.05) is 24.3 Å². The number of H-pyrrole nitrogens is 1. The van der Waals surface area contributed by atoms with Crippen LogP contribution in [-0.4, -0.2) is 31.7 Å². The van der Waals surface area contributed by atoms with Crippen LogP contribution in [0.4, 0.5) is 5.69 Å². The number of pyridine rings is 1. The normalized spacial score (nSPS) is 17.3. The highest BCUT2D eigenvalue weighted by Crippen LogP contribution is 2.37. The molecule has 8 heteroatoms. The summed E-state index contributed by atoms with van der Waals surface area (Å²) in [5.74, 6) is 0.773. The summed E-state index contributed by atoms with van der Waals surface area (Å²) in [6, 6.07) is 15.2. The van der Waals surface area contributed by atoms with Crippen LogP contribution >= 0.6 is 0 Å². The predicted molar refractivity (Wildman–Crippen MR) is 117 cm³/mol. The van der Waals surface area contributed by atoms with Crippen molar-refractivity contribution in [3.63, 3.8) is 0 Å². The van der Waals surface area contributed by atoms with Gasteiger partial charge in [0.15, 0.2) is 0 Å². The first kappa shape index (κ1) is 18.7. The molecule has 0 bridgehead atoms. The number of para-hydroxylation sites is 1. The fraction of sp³-hybridized carbons (Fsp3) is 0.136. The summed E-state index contributed by atoms with van der Waals surface area (Å²) < 4.78 is 33.2. The molecule has 4 aromatic rings. The molecule has 0 radical (unpaired) electrons. The van der Waals surface area contributed by atoms with Crippen LogP contribution in [0.3, 0.4) is 0 Å². The molecule has 1 aliphatic rings. The minimum absolute atomic E-state index is 0.234. The van der Waals surface area contributed by atoms with Crippen molar-refractivity contribution in [1.82, 2.24) is 14.7 Å². The molecule has 2 aromatic carbocycles. The van der Waals surface area contributed by atoms with Gasteiger partial charge in [-0.2, -0.15) is 4.72 Å². The average molecular weight is 420 g/mol. The molecule has 1 aliphatic heterocycles. The number of aromatic nitrogens is 2. The molecule has 0 spiro atoms. The van der Waals surface area contributed by atoms with Crippen molar-refractivity contribution in [2.75, 3.05) is 12.4 Å². The molecule has 0 amide bonds. The van der Waals surface area contributed by atoms with Crippen LogP contribution in [0.5, 0.6) is 5.75 Å². The number of fused-ring (bicyclic) bond motifs is 2. The van der Waals surface area contributed by atoms with Gasteiger partial charge in [-0.3, -0.25) is 0 Å². The Morgan fingerprint density at radius 2 is 1.87 bits per heavy atom. The van der Waals surface area contributed by atoms with Crippen molar-refractivity contribution >= 4 is 26.7 Å². The number of methoxy groups -OCH3 is 1. The Morgan fingerprint density at radius 1 is 1.03 bits per heavy atom. The van der Waals surface area contributed by atoms with Gasteiger partial charge in [0.25, 0.3) is 0 Å². The van der Waals surface area contributed by atoms with E-state index >= 15 is 0 Å².